The van der Waals surface area contributed by atoms with E-state index in [0.29, 0.717) is 16.6 Å². The van der Waals surface area contributed by atoms with Gasteiger partial charge in [-0.05, 0) is 0 Å². The molecule has 0 aliphatic carbocycles. The fourth-order valence-corrected chi connectivity index (χ4v) is 0.762. The Hall–Kier alpha value is 0.973. The van der Waals surface area contributed by atoms with Crippen LogP contribution in [0, 0.1) is 25.3 Å². The van der Waals surface area contributed by atoms with Gasteiger partial charge in [0.15, 0.2) is 0 Å². The second kappa shape index (κ2) is 8.29. The molecule has 0 N–H and O–H groups in total. The molecule has 13 heavy (non-hydrogen) atoms. The summed E-state index contributed by atoms with van der Waals surface area (Å²) >= 11 is 0. The average molecular weight is 314 g/mol. The zero-order valence-corrected chi connectivity index (χ0v) is 12.8. The second-order valence-corrected chi connectivity index (χ2v) is 2.03. The molecule has 1 aromatic carbocycles. The molecule has 58 valence electrons. The molecular weight excluding hydrogens is 309 g/mol. The van der Waals surface area contributed by atoms with Crippen molar-refractivity contribution in [3.63, 3.8) is 0 Å². The van der Waals surface area contributed by atoms with Crippen LogP contribution in [0.2, 0.25) is 0 Å². The van der Waals surface area contributed by atoms with Crippen molar-refractivity contribution in [2.75, 3.05) is 0 Å². The van der Waals surface area contributed by atoms with Gasteiger partial charge < -0.3 is 24.8 Å². The summed E-state index contributed by atoms with van der Waals surface area (Å²) in [6.07, 6.45) is 2.81. The van der Waals surface area contributed by atoms with Crippen LogP contribution in [0.3, 0.4) is 0 Å². The Morgan fingerprint density at radius 1 is 1.15 bits per heavy atom. The molecule has 0 aliphatic heterocycles. The van der Waals surface area contributed by atoms with E-state index < -0.39 is 0 Å². The molecule has 0 fully saturated rings. The quantitative estimate of drug-likeness (QED) is 0.564. The van der Waals surface area contributed by atoms with Gasteiger partial charge in [-0.3, -0.25) is 29.2 Å². The predicted molar refractivity (Wildman–Crippen MR) is 47.0 cm³/mol. The fraction of sp³-hybridized carbons (Fsp3) is 0. The number of benzene rings is 1. The molecule has 0 aromatic heterocycles. The number of hydrogen-bond acceptors (Lipinski definition) is 0. The van der Waals surface area contributed by atoms with Crippen molar-refractivity contribution >= 4 is 25.5 Å². The van der Waals surface area contributed by atoms with E-state index >= 15 is 0 Å². The van der Waals surface area contributed by atoms with E-state index in [0.717, 1.165) is 0 Å². The van der Waals surface area contributed by atoms with Crippen LogP contribution in [0.15, 0.2) is 6.07 Å². The molecule has 0 saturated carbocycles. The summed E-state index contributed by atoms with van der Waals surface area (Å²) in [5.41, 5.74) is 1.89. The van der Waals surface area contributed by atoms with Gasteiger partial charge in [-0.15, -0.1) is 0 Å². The normalized spacial score (nSPS) is 7.69. The minimum absolute atomic E-state index is 0. The van der Waals surface area contributed by atoms with Crippen LogP contribution in [-0.2, 0) is 65.4 Å². The molecule has 1 aromatic rings. The number of rotatable bonds is 2. The first kappa shape index (κ1) is 16.4. The SMILES string of the molecule is [B]c1[c-]c(C=[CH-])c(C=[CH-])[c-]c1.[Y].[Y]. The summed E-state index contributed by atoms with van der Waals surface area (Å²) in [6, 6.07) is 7.29. The van der Waals surface area contributed by atoms with E-state index in [2.05, 4.69) is 12.1 Å². The Bertz CT molecular complexity index is 295. The zero-order valence-electron chi connectivity index (χ0n) is 7.12. The summed E-state index contributed by atoms with van der Waals surface area (Å²) in [5.74, 6) is 0. The Morgan fingerprint density at radius 3 is 2.15 bits per heavy atom. The molecule has 0 saturated heterocycles. The van der Waals surface area contributed by atoms with Crippen LogP contribution < -0.4 is 5.46 Å². The van der Waals surface area contributed by atoms with Crippen molar-refractivity contribution in [2.45, 2.75) is 0 Å². The molecule has 0 unspecified atom stereocenters. The zero-order chi connectivity index (χ0) is 8.27. The van der Waals surface area contributed by atoms with Crippen LogP contribution >= 0.6 is 0 Å². The third kappa shape index (κ3) is 4.84. The fourth-order valence-electron chi connectivity index (χ4n) is 0.762. The Kier molecular flexibility index (Phi) is 10.5. The Labute approximate surface area is 131 Å². The van der Waals surface area contributed by atoms with Gasteiger partial charge >= 0.3 is 0 Å². The van der Waals surface area contributed by atoms with Gasteiger partial charge in [-0.25, -0.2) is 6.07 Å². The summed E-state index contributed by atoms with van der Waals surface area (Å²) in [6.45, 7) is 10.6. The first-order valence-corrected chi connectivity index (χ1v) is 3.11. The monoisotopic (exact) mass is 314 g/mol. The molecule has 0 bridgehead atoms. The van der Waals surface area contributed by atoms with Crippen molar-refractivity contribution in [3.8, 4) is 0 Å². The molecule has 0 amide bonds. The van der Waals surface area contributed by atoms with Gasteiger partial charge in [0.2, 0.25) is 0 Å². The average Bonchev–Trinajstić information content (AvgIpc) is 2.04. The molecule has 4 radical (unpaired) electrons. The third-order valence-electron chi connectivity index (χ3n) is 1.29. The van der Waals surface area contributed by atoms with Crippen molar-refractivity contribution in [1.29, 1.82) is 0 Å². The maximum Gasteiger partial charge on any atom is 0.00686 e. The molecule has 0 atom stereocenters. The van der Waals surface area contributed by atoms with Crippen LogP contribution in [-0.4, -0.2) is 7.85 Å². The van der Waals surface area contributed by atoms with Gasteiger partial charge in [0.25, 0.3) is 0 Å². The van der Waals surface area contributed by atoms with E-state index in [1.807, 2.05) is 0 Å². The van der Waals surface area contributed by atoms with Crippen molar-refractivity contribution in [3.05, 3.63) is 42.5 Å². The van der Waals surface area contributed by atoms with Gasteiger partial charge in [-0.1, -0.05) is 0 Å². The molecule has 1 rings (SSSR count). The van der Waals surface area contributed by atoms with Crippen LogP contribution in [0.5, 0.6) is 0 Å². The Balaban J connectivity index is 0. The summed E-state index contributed by atoms with van der Waals surface area (Å²) < 4.78 is 0. The van der Waals surface area contributed by atoms with Crippen LogP contribution in [0.1, 0.15) is 11.1 Å². The van der Waals surface area contributed by atoms with Gasteiger partial charge in [0, 0.05) is 73.3 Å². The molecule has 3 heteroatoms. The minimum Gasteiger partial charge on any atom is -0.344 e. The Morgan fingerprint density at radius 2 is 1.69 bits per heavy atom. The summed E-state index contributed by atoms with van der Waals surface area (Å²) in [7, 11) is 5.44. The standard InChI is InChI=1S/C10H5B.2Y/c1-3-8-5-6-10(11)7-9(8)4-2;;/h1-4,6H;;/q-4;;. The largest absolute Gasteiger partial charge is 0.344 e. The van der Waals surface area contributed by atoms with Crippen LogP contribution in [0.4, 0.5) is 0 Å². The van der Waals surface area contributed by atoms with Gasteiger partial charge in [-0.2, -0.15) is 0 Å². The van der Waals surface area contributed by atoms with Crippen molar-refractivity contribution in [1.82, 2.24) is 0 Å². The molecule has 0 spiro atoms. The first-order chi connectivity index (χ1) is 5.27. The van der Waals surface area contributed by atoms with E-state index in [4.69, 9.17) is 21.0 Å². The van der Waals surface area contributed by atoms with Gasteiger partial charge in [0.05, 0.1) is 0 Å². The molecule has 0 heterocycles. The molecule has 0 aliphatic rings. The van der Waals surface area contributed by atoms with E-state index in [1.165, 1.54) is 12.2 Å². The van der Waals surface area contributed by atoms with Gasteiger partial charge in [0.1, 0.15) is 0 Å². The van der Waals surface area contributed by atoms with Crippen LogP contribution in [0.25, 0.3) is 12.2 Å². The summed E-state index contributed by atoms with van der Waals surface area (Å²) in [5, 5.41) is 0. The van der Waals surface area contributed by atoms with E-state index in [-0.39, 0.29) is 65.4 Å². The van der Waals surface area contributed by atoms with E-state index in [9.17, 15) is 0 Å². The number of hydrogen-bond donors (Lipinski definition) is 0. The second-order valence-electron chi connectivity index (χ2n) is 2.03. The molecule has 0 nitrogen and oxygen atoms in total. The van der Waals surface area contributed by atoms with E-state index in [1.54, 1.807) is 6.07 Å². The summed E-state index contributed by atoms with van der Waals surface area (Å²) in [4.78, 5) is 0. The van der Waals surface area contributed by atoms with Crippen molar-refractivity contribution < 1.29 is 65.4 Å². The van der Waals surface area contributed by atoms with Crippen molar-refractivity contribution in [2.24, 2.45) is 0 Å². The predicted octanol–water partition coefficient (Wildman–Crippen LogP) is 0.968. The maximum absolute atomic E-state index is 5.44. The maximum atomic E-state index is 5.44. The first-order valence-electron chi connectivity index (χ1n) is 3.11. The minimum atomic E-state index is 0. The third-order valence-corrected chi connectivity index (χ3v) is 1.29. The topological polar surface area (TPSA) is 0 Å². The smallest absolute Gasteiger partial charge is 0.00686 e. The molecular formula is C10H5BY2-4.